The molecule has 0 spiro atoms. The number of carbonyl (C=O) groups excluding carboxylic acids is 2. The molecule has 7 nitrogen and oxygen atoms in total. The zero-order valence-electron chi connectivity index (χ0n) is 13.9. The van der Waals surface area contributed by atoms with E-state index in [2.05, 4.69) is 4.98 Å². The van der Waals surface area contributed by atoms with Crippen molar-refractivity contribution >= 4 is 22.7 Å². The van der Waals surface area contributed by atoms with Gasteiger partial charge in [-0.15, -0.1) is 0 Å². The molecule has 7 heteroatoms. The second kappa shape index (κ2) is 6.43. The first-order valence-corrected chi connectivity index (χ1v) is 7.97. The molecule has 1 fully saturated rings. The largest absolute Gasteiger partial charge is 0.339 e. The van der Waals surface area contributed by atoms with Gasteiger partial charge in [0.05, 0.1) is 10.9 Å². The Kier molecular flexibility index (Phi) is 4.33. The van der Waals surface area contributed by atoms with E-state index in [1.165, 1.54) is 11.5 Å². The normalized spacial score (nSPS) is 14.9. The summed E-state index contributed by atoms with van der Waals surface area (Å²) in [6.07, 6.45) is 0. The van der Waals surface area contributed by atoms with E-state index in [0.717, 1.165) is 0 Å². The van der Waals surface area contributed by atoms with Crippen molar-refractivity contribution in [1.29, 1.82) is 0 Å². The van der Waals surface area contributed by atoms with Gasteiger partial charge in [0, 0.05) is 33.1 Å². The summed E-state index contributed by atoms with van der Waals surface area (Å²) in [5.41, 5.74) is 0.438. The van der Waals surface area contributed by atoms with Crippen molar-refractivity contribution in [1.82, 2.24) is 19.4 Å². The molecule has 2 heterocycles. The molecule has 0 atom stereocenters. The highest BCUT2D eigenvalue weighted by atomic mass is 16.2. The maximum absolute atomic E-state index is 12.6. The number of hydrogen-bond donors (Lipinski definition) is 0. The molecule has 126 valence electrons. The van der Waals surface area contributed by atoms with Gasteiger partial charge in [0.15, 0.2) is 0 Å². The first-order valence-electron chi connectivity index (χ1n) is 7.97. The first-order chi connectivity index (χ1) is 11.5. The van der Waals surface area contributed by atoms with Gasteiger partial charge in [-0.3, -0.25) is 19.0 Å². The highest BCUT2D eigenvalue weighted by molar-refractivity contribution is 5.79. The van der Waals surface area contributed by atoms with E-state index in [1.807, 2.05) is 6.07 Å². The van der Waals surface area contributed by atoms with Crippen LogP contribution in [0.4, 0.5) is 0 Å². The van der Waals surface area contributed by atoms with Crippen LogP contribution in [-0.4, -0.2) is 57.3 Å². The van der Waals surface area contributed by atoms with Crippen molar-refractivity contribution in [3.05, 3.63) is 40.4 Å². The summed E-state index contributed by atoms with van der Waals surface area (Å²) in [6, 6.07) is 7.12. The molecule has 1 saturated heterocycles. The number of aromatic nitrogens is 2. The lowest BCUT2D eigenvalue weighted by Crippen LogP contribution is -2.51. The topological polar surface area (TPSA) is 75.5 Å². The Balaban J connectivity index is 1.79. The number of rotatable bonds is 2. The first kappa shape index (κ1) is 16.2. The molecule has 0 saturated carbocycles. The Hall–Kier alpha value is -2.70. The Morgan fingerprint density at radius 1 is 1.08 bits per heavy atom. The van der Waals surface area contributed by atoms with E-state index in [9.17, 15) is 14.4 Å². The van der Waals surface area contributed by atoms with Crippen LogP contribution in [0.3, 0.4) is 0 Å². The van der Waals surface area contributed by atoms with Gasteiger partial charge in [-0.05, 0) is 19.1 Å². The van der Waals surface area contributed by atoms with Crippen molar-refractivity contribution in [2.45, 2.75) is 20.4 Å². The molecule has 1 aromatic heterocycles. The number of fused-ring (bicyclic) bond motifs is 1. The number of nitrogens with zero attached hydrogens (tertiary/aromatic N) is 4. The third-order valence-electron chi connectivity index (χ3n) is 4.42. The fourth-order valence-electron chi connectivity index (χ4n) is 2.97. The van der Waals surface area contributed by atoms with Gasteiger partial charge in [-0.2, -0.15) is 0 Å². The second-order valence-electron chi connectivity index (χ2n) is 5.95. The molecule has 0 bridgehead atoms. The average Bonchev–Trinajstić information content (AvgIpc) is 2.58. The molecule has 2 amide bonds. The van der Waals surface area contributed by atoms with Crippen LogP contribution in [0.5, 0.6) is 0 Å². The van der Waals surface area contributed by atoms with E-state index in [1.54, 1.807) is 34.9 Å². The van der Waals surface area contributed by atoms with E-state index in [-0.39, 0.29) is 23.9 Å². The number of hydrogen-bond acceptors (Lipinski definition) is 4. The van der Waals surface area contributed by atoms with Crippen molar-refractivity contribution < 1.29 is 9.59 Å². The summed E-state index contributed by atoms with van der Waals surface area (Å²) in [6.45, 7) is 5.29. The minimum atomic E-state index is -0.200. The monoisotopic (exact) mass is 328 g/mol. The van der Waals surface area contributed by atoms with Gasteiger partial charge in [-0.25, -0.2) is 4.98 Å². The zero-order valence-corrected chi connectivity index (χ0v) is 13.9. The van der Waals surface area contributed by atoms with Crippen molar-refractivity contribution in [3.8, 4) is 0 Å². The van der Waals surface area contributed by atoms with E-state index in [0.29, 0.717) is 42.9 Å². The standard InChI is InChI=1S/C17H20N4O3/c1-12-18-15-6-4-3-5-14(15)17(24)21(12)11-16(23)20-9-7-19(8-10-20)13(2)22/h3-6H,7-11H2,1-2H3. The highest BCUT2D eigenvalue weighted by Crippen LogP contribution is 2.08. The quantitative estimate of drug-likeness (QED) is 0.799. The van der Waals surface area contributed by atoms with Crippen LogP contribution < -0.4 is 5.56 Å². The molecule has 3 rings (SSSR count). The summed E-state index contributed by atoms with van der Waals surface area (Å²) in [5, 5.41) is 0.511. The Bertz CT molecular complexity index is 851. The lowest BCUT2D eigenvalue weighted by atomic mass is 10.2. The van der Waals surface area contributed by atoms with E-state index in [4.69, 9.17) is 0 Å². The number of amides is 2. The predicted octanol–water partition coefficient (Wildman–Crippen LogP) is 0.396. The summed E-state index contributed by atoms with van der Waals surface area (Å²) in [4.78, 5) is 44.3. The third-order valence-corrected chi connectivity index (χ3v) is 4.42. The number of benzene rings is 1. The summed E-state index contributed by atoms with van der Waals surface area (Å²) >= 11 is 0. The molecular formula is C17H20N4O3. The number of piperazine rings is 1. The molecule has 24 heavy (non-hydrogen) atoms. The maximum atomic E-state index is 12.6. The molecular weight excluding hydrogens is 308 g/mol. The molecule has 2 aromatic rings. The molecule has 1 aromatic carbocycles. The number of aryl methyl sites for hydroxylation is 1. The van der Waals surface area contributed by atoms with Crippen LogP contribution in [-0.2, 0) is 16.1 Å². The van der Waals surface area contributed by atoms with E-state index < -0.39 is 0 Å². The van der Waals surface area contributed by atoms with Crippen LogP contribution in [0.2, 0.25) is 0 Å². The van der Waals surface area contributed by atoms with Crippen molar-refractivity contribution in [3.63, 3.8) is 0 Å². The van der Waals surface area contributed by atoms with Crippen LogP contribution >= 0.6 is 0 Å². The predicted molar refractivity (Wildman–Crippen MR) is 89.6 cm³/mol. The van der Waals surface area contributed by atoms with Crippen molar-refractivity contribution in [2.24, 2.45) is 0 Å². The molecule has 1 aliphatic heterocycles. The summed E-state index contributed by atoms with van der Waals surface area (Å²) < 4.78 is 1.42. The van der Waals surface area contributed by atoms with Crippen LogP contribution in [0.25, 0.3) is 10.9 Å². The Morgan fingerprint density at radius 2 is 1.71 bits per heavy atom. The SMILES string of the molecule is CC(=O)N1CCN(C(=O)Cn2c(C)nc3ccccc3c2=O)CC1. The minimum Gasteiger partial charge on any atom is -0.339 e. The fraction of sp³-hybridized carbons (Fsp3) is 0.412. The zero-order chi connectivity index (χ0) is 17.3. The van der Waals surface area contributed by atoms with Gasteiger partial charge in [0.1, 0.15) is 12.4 Å². The highest BCUT2D eigenvalue weighted by Gasteiger charge is 2.23. The van der Waals surface area contributed by atoms with Crippen LogP contribution in [0.15, 0.2) is 29.1 Å². The average molecular weight is 328 g/mol. The molecule has 0 radical (unpaired) electrons. The molecule has 0 N–H and O–H groups in total. The van der Waals surface area contributed by atoms with Gasteiger partial charge in [-0.1, -0.05) is 12.1 Å². The summed E-state index contributed by atoms with van der Waals surface area (Å²) in [7, 11) is 0. The Labute approximate surface area is 139 Å². The molecule has 0 aliphatic carbocycles. The lowest BCUT2D eigenvalue weighted by Gasteiger charge is -2.34. The smallest absolute Gasteiger partial charge is 0.261 e. The van der Waals surface area contributed by atoms with Crippen LogP contribution in [0.1, 0.15) is 12.7 Å². The van der Waals surface area contributed by atoms with Crippen LogP contribution in [0, 0.1) is 6.92 Å². The summed E-state index contributed by atoms with van der Waals surface area (Å²) in [5.74, 6) is 0.419. The maximum Gasteiger partial charge on any atom is 0.261 e. The minimum absolute atomic E-state index is 0.0212. The van der Waals surface area contributed by atoms with Gasteiger partial charge < -0.3 is 9.80 Å². The fourth-order valence-corrected chi connectivity index (χ4v) is 2.97. The van der Waals surface area contributed by atoms with E-state index >= 15 is 0 Å². The Morgan fingerprint density at radius 3 is 2.38 bits per heavy atom. The lowest BCUT2D eigenvalue weighted by molar-refractivity contribution is -0.138. The van der Waals surface area contributed by atoms with Gasteiger partial charge in [0.2, 0.25) is 11.8 Å². The molecule has 1 aliphatic rings. The van der Waals surface area contributed by atoms with Gasteiger partial charge in [0.25, 0.3) is 5.56 Å². The number of para-hydroxylation sites is 1. The van der Waals surface area contributed by atoms with Crippen molar-refractivity contribution in [2.75, 3.05) is 26.2 Å². The third kappa shape index (κ3) is 3.02. The van der Waals surface area contributed by atoms with Gasteiger partial charge >= 0.3 is 0 Å². The molecule has 0 unspecified atom stereocenters. The number of carbonyl (C=O) groups is 2. The second-order valence-corrected chi connectivity index (χ2v) is 5.95.